The van der Waals surface area contributed by atoms with Gasteiger partial charge in [0.2, 0.25) is 11.8 Å². The standard InChI is InChI=1S/C31H34Cl2N2O2/c1-22-12-14-24(15-13-22)19-30(36)35(21-25-16-17-26(32)20-28(25)33)29(18-23-8-4-2-5-9-23)31(37)34-27-10-6-3-7-11-27/h2,4-5,8-9,12-17,20,27,29H,3,6-7,10-11,18-19,21H2,1H3,(H,34,37)/t29-/m1/s1. The van der Waals surface area contributed by atoms with E-state index in [1.165, 1.54) is 6.42 Å². The van der Waals surface area contributed by atoms with Crippen molar-refractivity contribution in [3.8, 4) is 0 Å². The predicted molar refractivity (Wildman–Crippen MR) is 151 cm³/mol. The Hall–Kier alpha value is -2.82. The second-order valence-corrected chi connectivity index (χ2v) is 10.8. The second kappa shape index (κ2) is 13.1. The van der Waals surface area contributed by atoms with Crippen molar-refractivity contribution in [1.82, 2.24) is 10.2 Å². The Morgan fingerprint density at radius 1 is 0.919 bits per heavy atom. The van der Waals surface area contributed by atoms with Gasteiger partial charge in [0.25, 0.3) is 0 Å². The molecule has 1 fully saturated rings. The fourth-order valence-corrected chi connectivity index (χ4v) is 5.38. The summed E-state index contributed by atoms with van der Waals surface area (Å²) in [6.07, 6.45) is 6.01. The molecule has 0 heterocycles. The quantitative estimate of drug-likeness (QED) is 0.322. The first-order chi connectivity index (χ1) is 17.9. The summed E-state index contributed by atoms with van der Waals surface area (Å²) in [5.74, 6) is -0.229. The van der Waals surface area contributed by atoms with Crippen LogP contribution in [0.4, 0.5) is 0 Å². The van der Waals surface area contributed by atoms with E-state index in [-0.39, 0.29) is 30.8 Å². The zero-order chi connectivity index (χ0) is 26.2. The Morgan fingerprint density at radius 3 is 2.30 bits per heavy atom. The maximum atomic E-state index is 13.9. The number of rotatable bonds is 9. The number of nitrogens with one attached hydrogen (secondary N) is 1. The molecule has 194 valence electrons. The maximum Gasteiger partial charge on any atom is 0.243 e. The summed E-state index contributed by atoms with van der Waals surface area (Å²) in [4.78, 5) is 29.4. The van der Waals surface area contributed by atoms with Crippen LogP contribution in [0.3, 0.4) is 0 Å². The normalized spacial score (nSPS) is 14.7. The molecule has 1 aliphatic rings. The highest BCUT2D eigenvalue weighted by Crippen LogP contribution is 2.25. The van der Waals surface area contributed by atoms with Gasteiger partial charge in [-0.15, -0.1) is 0 Å². The number of benzene rings is 3. The smallest absolute Gasteiger partial charge is 0.243 e. The van der Waals surface area contributed by atoms with Gasteiger partial charge in [0, 0.05) is 29.1 Å². The molecular weight excluding hydrogens is 503 g/mol. The third-order valence-electron chi connectivity index (χ3n) is 7.05. The summed E-state index contributed by atoms with van der Waals surface area (Å²) in [6.45, 7) is 2.24. The monoisotopic (exact) mass is 536 g/mol. The first-order valence-electron chi connectivity index (χ1n) is 13.0. The van der Waals surface area contributed by atoms with Gasteiger partial charge >= 0.3 is 0 Å². The Labute approximate surface area is 230 Å². The van der Waals surface area contributed by atoms with Crippen LogP contribution in [0.5, 0.6) is 0 Å². The number of hydrogen-bond acceptors (Lipinski definition) is 2. The average molecular weight is 538 g/mol. The number of aryl methyl sites for hydroxylation is 1. The Balaban J connectivity index is 1.67. The number of nitrogens with zero attached hydrogens (tertiary/aromatic N) is 1. The average Bonchev–Trinajstić information content (AvgIpc) is 2.89. The number of carbonyl (C=O) groups excluding carboxylic acids is 2. The highest BCUT2D eigenvalue weighted by Gasteiger charge is 2.32. The molecule has 0 unspecified atom stereocenters. The molecule has 2 amide bonds. The van der Waals surface area contributed by atoms with Gasteiger partial charge in [-0.3, -0.25) is 9.59 Å². The minimum absolute atomic E-state index is 0.113. The lowest BCUT2D eigenvalue weighted by Gasteiger charge is -2.34. The van der Waals surface area contributed by atoms with Crippen molar-refractivity contribution >= 4 is 35.0 Å². The molecule has 0 aromatic heterocycles. The van der Waals surface area contributed by atoms with Gasteiger partial charge in [-0.25, -0.2) is 0 Å². The lowest BCUT2D eigenvalue weighted by molar-refractivity contribution is -0.141. The van der Waals surface area contributed by atoms with Gasteiger partial charge in [-0.05, 0) is 48.6 Å². The van der Waals surface area contributed by atoms with E-state index in [1.807, 2.05) is 67.6 Å². The molecule has 3 aromatic rings. The Morgan fingerprint density at radius 2 is 1.62 bits per heavy atom. The highest BCUT2D eigenvalue weighted by atomic mass is 35.5. The molecule has 0 aliphatic heterocycles. The van der Waals surface area contributed by atoms with Crippen molar-refractivity contribution in [2.45, 2.75) is 70.5 Å². The van der Waals surface area contributed by atoms with Crippen molar-refractivity contribution in [1.29, 1.82) is 0 Å². The molecule has 1 N–H and O–H groups in total. The van der Waals surface area contributed by atoms with Crippen molar-refractivity contribution < 1.29 is 9.59 Å². The van der Waals surface area contributed by atoms with Crippen LogP contribution in [0, 0.1) is 6.92 Å². The van der Waals surface area contributed by atoms with Gasteiger partial charge in [0.1, 0.15) is 6.04 Å². The molecule has 1 atom stereocenters. The first-order valence-corrected chi connectivity index (χ1v) is 13.8. The van der Waals surface area contributed by atoms with E-state index in [9.17, 15) is 9.59 Å². The lowest BCUT2D eigenvalue weighted by atomic mass is 9.94. The van der Waals surface area contributed by atoms with Crippen molar-refractivity contribution in [2.24, 2.45) is 0 Å². The largest absolute Gasteiger partial charge is 0.352 e. The van der Waals surface area contributed by atoms with E-state index in [0.717, 1.165) is 47.9 Å². The summed E-state index contributed by atoms with van der Waals surface area (Å²) in [5.41, 5.74) is 3.80. The minimum Gasteiger partial charge on any atom is -0.352 e. The Bertz CT molecular complexity index is 1190. The number of carbonyl (C=O) groups is 2. The summed E-state index contributed by atoms with van der Waals surface area (Å²) in [5, 5.41) is 4.28. The van der Waals surface area contributed by atoms with Gasteiger partial charge in [0.05, 0.1) is 6.42 Å². The molecule has 0 saturated heterocycles. The Kier molecular flexibility index (Phi) is 9.65. The van der Waals surface area contributed by atoms with Crippen LogP contribution in [0.25, 0.3) is 0 Å². The van der Waals surface area contributed by atoms with E-state index < -0.39 is 6.04 Å². The van der Waals surface area contributed by atoms with Gasteiger partial charge in [-0.1, -0.05) is 109 Å². The SMILES string of the molecule is Cc1ccc(CC(=O)N(Cc2ccc(Cl)cc2Cl)[C@H](Cc2ccccc2)C(=O)NC2CCCCC2)cc1. The number of amides is 2. The molecule has 1 saturated carbocycles. The highest BCUT2D eigenvalue weighted by molar-refractivity contribution is 6.35. The zero-order valence-corrected chi connectivity index (χ0v) is 22.8. The third-order valence-corrected chi connectivity index (χ3v) is 7.64. The maximum absolute atomic E-state index is 13.9. The van der Waals surface area contributed by atoms with E-state index in [1.54, 1.807) is 17.0 Å². The van der Waals surface area contributed by atoms with Crippen LogP contribution in [0.15, 0.2) is 72.8 Å². The van der Waals surface area contributed by atoms with E-state index >= 15 is 0 Å². The van der Waals surface area contributed by atoms with E-state index in [0.29, 0.717) is 16.5 Å². The zero-order valence-electron chi connectivity index (χ0n) is 21.3. The van der Waals surface area contributed by atoms with Crippen LogP contribution in [-0.2, 0) is 29.0 Å². The fourth-order valence-electron chi connectivity index (χ4n) is 4.91. The van der Waals surface area contributed by atoms with Crippen LogP contribution in [0.1, 0.15) is 54.4 Å². The molecule has 0 spiro atoms. The van der Waals surface area contributed by atoms with Crippen LogP contribution in [-0.4, -0.2) is 28.8 Å². The first kappa shape index (κ1) is 27.2. The minimum atomic E-state index is -0.672. The summed E-state index contributed by atoms with van der Waals surface area (Å²) in [7, 11) is 0. The molecule has 4 nitrogen and oxygen atoms in total. The lowest BCUT2D eigenvalue weighted by Crippen LogP contribution is -2.53. The molecular formula is C31H34Cl2N2O2. The van der Waals surface area contributed by atoms with Crippen molar-refractivity contribution in [3.63, 3.8) is 0 Å². The molecule has 37 heavy (non-hydrogen) atoms. The summed E-state index contributed by atoms with van der Waals surface area (Å²) >= 11 is 12.7. The fraction of sp³-hybridized carbons (Fsp3) is 0.355. The number of hydrogen-bond donors (Lipinski definition) is 1. The van der Waals surface area contributed by atoms with E-state index in [4.69, 9.17) is 23.2 Å². The second-order valence-electron chi connectivity index (χ2n) is 9.97. The van der Waals surface area contributed by atoms with Crippen molar-refractivity contribution in [3.05, 3.63) is 105 Å². The molecule has 3 aromatic carbocycles. The van der Waals surface area contributed by atoms with Crippen LogP contribution in [0.2, 0.25) is 10.0 Å². The van der Waals surface area contributed by atoms with Crippen LogP contribution < -0.4 is 5.32 Å². The summed E-state index contributed by atoms with van der Waals surface area (Å²) < 4.78 is 0. The molecule has 4 rings (SSSR count). The molecule has 0 radical (unpaired) electrons. The van der Waals surface area contributed by atoms with Gasteiger partial charge in [-0.2, -0.15) is 0 Å². The third kappa shape index (κ3) is 7.83. The molecule has 1 aliphatic carbocycles. The molecule has 6 heteroatoms. The van der Waals surface area contributed by atoms with Gasteiger partial charge < -0.3 is 10.2 Å². The number of halogens is 2. The van der Waals surface area contributed by atoms with Crippen LogP contribution >= 0.6 is 23.2 Å². The topological polar surface area (TPSA) is 49.4 Å². The van der Waals surface area contributed by atoms with Gasteiger partial charge in [0.15, 0.2) is 0 Å². The van der Waals surface area contributed by atoms with E-state index in [2.05, 4.69) is 5.32 Å². The predicted octanol–water partition coefficient (Wildman–Crippen LogP) is 6.93. The summed E-state index contributed by atoms with van der Waals surface area (Å²) in [6, 6.07) is 22.5. The van der Waals surface area contributed by atoms with Crippen molar-refractivity contribution in [2.75, 3.05) is 0 Å². The molecule has 0 bridgehead atoms.